The third-order valence-corrected chi connectivity index (χ3v) is 5.06. The van der Waals surface area contributed by atoms with Crippen LogP contribution < -0.4 is 20.1 Å². The summed E-state index contributed by atoms with van der Waals surface area (Å²) >= 11 is 5.91. The maximum atomic E-state index is 13.5. The van der Waals surface area contributed by atoms with Gasteiger partial charge in [-0.05, 0) is 44.5 Å². The predicted molar refractivity (Wildman–Crippen MR) is 112 cm³/mol. The number of anilines is 2. The summed E-state index contributed by atoms with van der Waals surface area (Å²) in [5.41, 5.74) is 1.31. The molecule has 29 heavy (non-hydrogen) atoms. The van der Waals surface area contributed by atoms with Gasteiger partial charge in [0.2, 0.25) is 0 Å². The topological polar surface area (TPSA) is 68.3 Å². The Labute approximate surface area is 173 Å². The molecule has 2 N–H and O–H groups in total. The molecule has 0 aliphatic carbocycles. The SMILES string of the molecule is CCOc1cc(OC[C@H]2CCCN2)c2c(Nc3ccc(F)c(Cl)c3)ncnc2c1. The summed E-state index contributed by atoms with van der Waals surface area (Å²) < 4.78 is 25.3. The molecule has 1 aromatic heterocycles. The van der Waals surface area contributed by atoms with Crippen LogP contribution in [-0.2, 0) is 0 Å². The molecule has 2 aromatic carbocycles. The highest BCUT2D eigenvalue weighted by Gasteiger charge is 2.18. The summed E-state index contributed by atoms with van der Waals surface area (Å²) in [7, 11) is 0. The van der Waals surface area contributed by atoms with Gasteiger partial charge in [-0.3, -0.25) is 0 Å². The van der Waals surface area contributed by atoms with Gasteiger partial charge in [-0.25, -0.2) is 14.4 Å². The zero-order valence-corrected chi connectivity index (χ0v) is 16.8. The van der Waals surface area contributed by atoms with Crippen LogP contribution in [0.2, 0.25) is 5.02 Å². The van der Waals surface area contributed by atoms with Gasteiger partial charge in [0.25, 0.3) is 0 Å². The third-order valence-electron chi connectivity index (χ3n) is 4.77. The lowest BCUT2D eigenvalue weighted by Gasteiger charge is -2.17. The molecule has 0 bridgehead atoms. The van der Waals surface area contributed by atoms with E-state index < -0.39 is 5.82 Å². The fraction of sp³-hybridized carbons (Fsp3) is 0.333. The second-order valence-corrected chi connectivity index (χ2v) is 7.24. The van der Waals surface area contributed by atoms with E-state index in [9.17, 15) is 4.39 Å². The number of ether oxygens (including phenoxy) is 2. The molecule has 0 spiro atoms. The minimum Gasteiger partial charge on any atom is -0.494 e. The van der Waals surface area contributed by atoms with E-state index in [2.05, 4.69) is 20.6 Å². The van der Waals surface area contributed by atoms with Crippen molar-refractivity contribution in [3.05, 3.63) is 47.5 Å². The minimum atomic E-state index is -0.473. The molecule has 4 rings (SSSR count). The summed E-state index contributed by atoms with van der Waals surface area (Å²) in [6, 6.07) is 8.45. The molecule has 8 heteroatoms. The van der Waals surface area contributed by atoms with E-state index >= 15 is 0 Å². The monoisotopic (exact) mass is 416 g/mol. The second-order valence-electron chi connectivity index (χ2n) is 6.83. The molecule has 3 aromatic rings. The Morgan fingerprint density at radius 1 is 1.24 bits per heavy atom. The van der Waals surface area contributed by atoms with E-state index in [0.29, 0.717) is 47.8 Å². The van der Waals surface area contributed by atoms with Gasteiger partial charge in [0.05, 0.1) is 22.5 Å². The van der Waals surface area contributed by atoms with Crippen LogP contribution in [0.25, 0.3) is 10.9 Å². The normalized spacial score (nSPS) is 16.2. The molecule has 1 atom stereocenters. The molecule has 1 aliphatic heterocycles. The van der Waals surface area contributed by atoms with Gasteiger partial charge in [0.15, 0.2) is 0 Å². The Balaban J connectivity index is 1.71. The Hall–Kier alpha value is -2.64. The van der Waals surface area contributed by atoms with Crippen LogP contribution in [0.4, 0.5) is 15.9 Å². The zero-order chi connectivity index (χ0) is 20.2. The summed E-state index contributed by atoms with van der Waals surface area (Å²) in [5, 5.41) is 7.39. The fourth-order valence-electron chi connectivity index (χ4n) is 3.39. The molecular formula is C21H22ClFN4O2. The van der Waals surface area contributed by atoms with E-state index in [-0.39, 0.29) is 5.02 Å². The van der Waals surface area contributed by atoms with Crippen molar-refractivity contribution in [2.24, 2.45) is 0 Å². The van der Waals surface area contributed by atoms with Crippen LogP contribution in [0.1, 0.15) is 19.8 Å². The van der Waals surface area contributed by atoms with Crippen LogP contribution >= 0.6 is 11.6 Å². The number of hydrogen-bond acceptors (Lipinski definition) is 6. The second kappa shape index (κ2) is 8.80. The Kier molecular flexibility index (Phi) is 5.97. The van der Waals surface area contributed by atoms with Gasteiger partial charge < -0.3 is 20.1 Å². The number of rotatable bonds is 7. The first kappa shape index (κ1) is 19.7. The number of halogens is 2. The molecule has 0 unspecified atom stereocenters. The number of fused-ring (bicyclic) bond motifs is 1. The lowest BCUT2D eigenvalue weighted by Crippen LogP contribution is -2.28. The predicted octanol–water partition coefficient (Wildman–Crippen LogP) is 4.70. The molecule has 1 saturated heterocycles. The zero-order valence-electron chi connectivity index (χ0n) is 16.0. The summed E-state index contributed by atoms with van der Waals surface area (Å²) in [4.78, 5) is 8.76. The van der Waals surface area contributed by atoms with Crippen molar-refractivity contribution in [2.75, 3.05) is 25.1 Å². The third kappa shape index (κ3) is 4.52. The fourth-order valence-corrected chi connectivity index (χ4v) is 3.57. The first-order chi connectivity index (χ1) is 14.1. The van der Waals surface area contributed by atoms with Crippen molar-refractivity contribution in [3.8, 4) is 11.5 Å². The summed E-state index contributed by atoms with van der Waals surface area (Å²) in [6.45, 7) is 4.02. The molecule has 152 valence electrons. The average Bonchev–Trinajstić information content (AvgIpc) is 3.23. The van der Waals surface area contributed by atoms with Crippen LogP contribution in [0, 0.1) is 5.82 Å². The van der Waals surface area contributed by atoms with Crippen molar-refractivity contribution in [2.45, 2.75) is 25.8 Å². The minimum absolute atomic E-state index is 0.0378. The Morgan fingerprint density at radius 2 is 2.14 bits per heavy atom. The number of nitrogens with one attached hydrogen (secondary N) is 2. The molecule has 0 amide bonds. The Morgan fingerprint density at radius 3 is 2.90 bits per heavy atom. The summed E-state index contributed by atoms with van der Waals surface area (Å²) in [5.74, 6) is 1.40. The molecule has 1 fully saturated rings. The van der Waals surface area contributed by atoms with Crippen LogP contribution in [0.3, 0.4) is 0 Å². The lowest BCUT2D eigenvalue weighted by atomic mass is 10.2. The van der Waals surface area contributed by atoms with Crippen molar-refractivity contribution < 1.29 is 13.9 Å². The van der Waals surface area contributed by atoms with E-state index in [4.69, 9.17) is 21.1 Å². The molecule has 0 saturated carbocycles. The number of hydrogen-bond donors (Lipinski definition) is 2. The first-order valence-corrected chi connectivity index (χ1v) is 10.0. The van der Waals surface area contributed by atoms with E-state index in [1.54, 1.807) is 6.07 Å². The maximum absolute atomic E-state index is 13.5. The van der Waals surface area contributed by atoms with Gasteiger partial charge >= 0.3 is 0 Å². The molecule has 1 aliphatic rings. The van der Waals surface area contributed by atoms with Gasteiger partial charge in [0.1, 0.15) is 36.1 Å². The Bertz CT molecular complexity index is 1010. The number of benzene rings is 2. The van der Waals surface area contributed by atoms with Crippen LogP contribution in [-0.4, -0.2) is 35.8 Å². The van der Waals surface area contributed by atoms with Gasteiger partial charge in [0, 0.05) is 23.9 Å². The van der Waals surface area contributed by atoms with Crippen molar-refractivity contribution in [1.29, 1.82) is 0 Å². The highest BCUT2D eigenvalue weighted by Crippen LogP contribution is 2.36. The maximum Gasteiger partial charge on any atom is 0.145 e. The number of aromatic nitrogens is 2. The molecule has 0 radical (unpaired) electrons. The molecular weight excluding hydrogens is 395 g/mol. The average molecular weight is 417 g/mol. The highest BCUT2D eigenvalue weighted by atomic mass is 35.5. The van der Waals surface area contributed by atoms with Gasteiger partial charge in [-0.15, -0.1) is 0 Å². The van der Waals surface area contributed by atoms with Crippen LogP contribution in [0.15, 0.2) is 36.7 Å². The highest BCUT2D eigenvalue weighted by molar-refractivity contribution is 6.31. The van der Waals surface area contributed by atoms with Crippen LogP contribution in [0.5, 0.6) is 11.5 Å². The first-order valence-electron chi connectivity index (χ1n) is 9.64. The van der Waals surface area contributed by atoms with Crippen molar-refractivity contribution >= 4 is 34.0 Å². The molecule has 2 heterocycles. The smallest absolute Gasteiger partial charge is 0.145 e. The van der Waals surface area contributed by atoms with E-state index in [1.807, 2.05) is 19.1 Å². The largest absolute Gasteiger partial charge is 0.494 e. The standard InChI is InChI=1S/C21H22ClFN4O2/c1-2-28-15-9-18-20(19(10-15)29-11-14-4-3-7-24-14)21(26-12-25-18)27-13-5-6-17(23)16(22)8-13/h5-6,8-10,12,14,24H,2-4,7,11H2,1H3,(H,25,26,27)/t14-/m1/s1. The van der Waals surface area contributed by atoms with Crippen molar-refractivity contribution in [3.63, 3.8) is 0 Å². The summed E-state index contributed by atoms with van der Waals surface area (Å²) in [6.07, 6.45) is 3.70. The van der Waals surface area contributed by atoms with E-state index in [0.717, 1.165) is 24.8 Å². The number of nitrogens with zero attached hydrogens (tertiary/aromatic N) is 2. The van der Waals surface area contributed by atoms with Crippen molar-refractivity contribution in [1.82, 2.24) is 15.3 Å². The lowest BCUT2D eigenvalue weighted by molar-refractivity contribution is 0.277. The quantitative estimate of drug-likeness (QED) is 0.582. The van der Waals surface area contributed by atoms with Gasteiger partial charge in [-0.2, -0.15) is 0 Å². The molecule has 6 nitrogen and oxygen atoms in total. The van der Waals surface area contributed by atoms with Gasteiger partial charge in [-0.1, -0.05) is 11.6 Å². The van der Waals surface area contributed by atoms with E-state index in [1.165, 1.54) is 18.5 Å².